The highest BCUT2D eigenvalue weighted by Crippen LogP contribution is 2.27. The van der Waals surface area contributed by atoms with Crippen LogP contribution in [0.15, 0.2) is 21.2 Å². The molecule has 0 amide bonds. The summed E-state index contributed by atoms with van der Waals surface area (Å²) in [5.41, 5.74) is 0. The van der Waals surface area contributed by atoms with E-state index in [-0.39, 0.29) is 0 Å². The maximum Gasteiger partial charge on any atom is 0.169 e. The van der Waals surface area contributed by atoms with Crippen LogP contribution in [0.2, 0.25) is 0 Å². The Morgan fingerprint density at radius 1 is 1.60 bits per heavy atom. The van der Waals surface area contributed by atoms with Gasteiger partial charge in [0.25, 0.3) is 0 Å². The van der Waals surface area contributed by atoms with Gasteiger partial charge in [-0.15, -0.1) is 0 Å². The quantitative estimate of drug-likeness (QED) is 0.916. The van der Waals surface area contributed by atoms with Crippen molar-refractivity contribution in [2.45, 2.75) is 25.4 Å². The Balaban J connectivity index is 2.00. The van der Waals surface area contributed by atoms with Crippen LogP contribution in [-0.2, 0) is 0 Å². The molecule has 1 aliphatic rings. The summed E-state index contributed by atoms with van der Waals surface area (Å²) in [7, 11) is 2.03. The van der Waals surface area contributed by atoms with Crippen LogP contribution in [0.25, 0.3) is 0 Å². The van der Waals surface area contributed by atoms with Gasteiger partial charge < -0.3 is 9.73 Å². The molecule has 0 aliphatic carbocycles. The van der Waals surface area contributed by atoms with E-state index in [2.05, 4.69) is 33.1 Å². The van der Waals surface area contributed by atoms with Gasteiger partial charge in [0, 0.05) is 19.1 Å². The second kappa shape index (κ2) is 4.68. The average molecular weight is 273 g/mol. The average Bonchev–Trinajstić information content (AvgIpc) is 2.84. The molecule has 0 radical (unpaired) electrons. The SMILES string of the molecule is CNC1CCN(C(C)c2ccc(Br)o2)C1. The Kier molecular flexibility index (Phi) is 3.49. The van der Waals surface area contributed by atoms with Gasteiger partial charge in [-0.05, 0) is 48.5 Å². The van der Waals surface area contributed by atoms with E-state index in [4.69, 9.17) is 4.42 Å². The molecule has 1 aromatic heterocycles. The van der Waals surface area contributed by atoms with E-state index in [1.807, 2.05) is 19.2 Å². The highest BCUT2D eigenvalue weighted by atomic mass is 79.9. The summed E-state index contributed by atoms with van der Waals surface area (Å²) >= 11 is 3.34. The van der Waals surface area contributed by atoms with Crippen molar-refractivity contribution in [3.8, 4) is 0 Å². The van der Waals surface area contributed by atoms with E-state index < -0.39 is 0 Å². The first-order chi connectivity index (χ1) is 7.20. The molecule has 1 fully saturated rings. The number of likely N-dealkylation sites (N-methyl/N-ethyl adjacent to an activating group) is 1. The number of nitrogens with one attached hydrogen (secondary N) is 1. The topological polar surface area (TPSA) is 28.4 Å². The predicted octanol–water partition coefficient (Wildman–Crippen LogP) is 2.40. The highest BCUT2D eigenvalue weighted by molar-refractivity contribution is 9.10. The normalized spacial score (nSPS) is 24.6. The molecule has 84 valence electrons. The molecular weight excluding hydrogens is 256 g/mol. The fourth-order valence-electron chi connectivity index (χ4n) is 2.11. The number of hydrogen-bond donors (Lipinski definition) is 1. The highest BCUT2D eigenvalue weighted by Gasteiger charge is 2.27. The third kappa shape index (κ3) is 2.44. The second-order valence-electron chi connectivity index (χ2n) is 4.09. The Morgan fingerprint density at radius 2 is 2.40 bits per heavy atom. The lowest BCUT2D eigenvalue weighted by molar-refractivity contribution is 0.225. The van der Waals surface area contributed by atoms with Crippen molar-refractivity contribution in [2.75, 3.05) is 20.1 Å². The third-order valence-electron chi connectivity index (χ3n) is 3.18. The smallest absolute Gasteiger partial charge is 0.169 e. The van der Waals surface area contributed by atoms with Gasteiger partial charge in [-0.3, -0.25) is 4.90 Å². The van der Waals surface area contributed by atoms with E-state index in [1.165, 1.54) is 6.42 Å². The van der Waals surface area contributed by atoms with Gasteiger partial charge in [0.2, 0.25) is 0 Å². The molecule has 2 unspecified atom stereocenters. The van der Waals surface area contributed by atoms with Gasteiger partial charge in [0.05, 0.1) is 6.04 Å². The standard InChI is InChI=1S/C11H17BrN2O/c1-8(10-3-4-11(12)15-10)14-6-5-9(7-14)13-2/h3-4,8-9,13H,5-7H2,1-2H3. The molecule has 0 spiro atoms. The van der Waals surface area contributed by atoms with Crippen LogP contribution < -0.4 is 5.32 Å². The number of furan rings is 1. The van der Waals surface area contributed by atoms with Gasteiger partial charge in [-0.1, -0.05) is 0 Å². The first kappa shape index (κ1) is 11.2. The molecule has 1 saturated heterocycles. The van der Waals surface area contributed by atoms with E-state index in [1.54, 1.807) is 0 Å². The molecule has 3 nitrogen and oxygen atoms in total. The summed E-state index contributed by atoms with van der Waals surface area (Å²) in [6.45, 7) is 4.45. The molecule has 0 aromatic carbocycles. The minimum absolute atomic E-state index is 0.370. The lowest BCUT2D eigenvalue weighted by atomic mass is 10.2. The minimum Gasteiger partial charge on any atom is -0.453 e. The van der Waals surface area contributed by atoms with Crippen LogP contribution in [0, 0.1) is 0 Å². The molecule has 1 aromatic rings. The van der Waals surface area contributed by atoms with Crippen LogP contribution >= 0.6 is 15.9 Å². The molecule has 0 saturated carbocycles. The first-order valence-corrected chi connectivity index (χ1v) is 6.16. The fourth-order valence-corrected chi connectivity index (χ4v) is 2.43. The van der Waals surface area contributed by atoms with Gasteiger partial charge in [-0.25, -0.2) is 0 Å². The lowest BCUT2D eigenvalue weighted by Crippen LogP contribution is -2.30. The van der Waals surface area contributed by atoms with Gasteiger partial charge in [-0.2, -0.15) is 0 Å². The summed E-state index contributed by atoms with van der Waals surface area (Å²) in [5.74, 6) is 1.04. The first-order valence-electron chi connectivity index (χ1n) is 5.37. The van der Waals surface area contributed by atoms with Crippen LogP contribution in [0.4, 0.5) is 0 Å². The Labute approximate surface area is 99.0 Å². The molecular formula is C11H17BrN2O. The van der Waals surface area contributed by atoms with Crippen molar-refractivity contribution >= 4 is 15.9 Å². The lowest BCUT2D eigenvalue weighted by Gasteiger charge is -2.22. The van der Waals surface area contributed by atoms with Crippen molar-refractivity contribution in [3.63, 3.8) is 0 Å². The molecule has 15 heavy (non-hydrogen) atoms. The van der Waals surface area contributed by atoms with Crippen molar-refractivity contribution in [1.82, 2.24) is 10.2 Å². The van der Waals surface area contributed by atoms with Crippen molar-refractivity contribution in [1.29, 1.82) is 0 Å². The monoisotopic (exact) mass is 272 g/mol. The Bertz CT molecular complexity index is 326. The molecule has 2 atom stereocenters. The minimum atomic E-state index is 0.370. The van der Waals surface area contributed by atoms with Crippen LogP contribution in [0.5, 0.6) is 0 Å². The second-order valence-corrected chi connectivity index (χ2v) is 4.87. The Morgan fingerprint density at radius 3 is 2.93 bits per heavy atom. The maximum absolute atomic E-state index is 5.58. The van der Waals surface area contributed by atoms with Crippen molar-refractivity contribution < 1.29 is 4.42 Å². The third-order valence-corrected chi connectivity index (χ3v) is 3.61. The number of nitrogens with zero attached hydrogens (tertiary/aromatic N) is 1. The zero-order valence-corrected chi connectivity index (χ0v) is 10.8. The summed E-state index contributed by atoms with van der Waals surface area (Å²) in [6, 6.07) is 5.00. The van der Waals surface area contributed by atoms with Crippen LogP contribution in [-0.4, -0.2) is 31.1 Å². The number of likely N-dealkylation sites (tertiary alicyclic amines) is 1. The number of rotatable bonds is 3. The zero-order chi connectivity index (χ0) is 10.8. The predicted molar refractivity (Wildman–Crippen MR) is 63.9 cm³/mol. The van der Waals surface area contributed by atoms with E-state index in [0.29, 0.717) is 12.1 Å². The summed E-state index contributed by atoms with van der Waals surface area (Å²) < 4.78 is 6.39. The number of hydrogen-bond acceptors (Lipinski definition) is 3. The molecule has 2 rings (SSSR count). The van der Waals surface area contributed by atoms with E-state index >= 15 is 0 Å². The van der Waals surface area contributed by atoms with Gasteiger partial charge in [0.15, 0.2) is 4.67 Å². The molecule has 4 heteroatoms. The summed E-state index contributed by atoms with van der Waals surface area (Å²) in [4.78, 5) is 2.45. The van der Waals surface area contributed by atoms with Crippen molar-refractivity contribution in [2.24, 2.45) is 0 Å². The maximum atomic E-state index is 5.58. The number of halogens is 1. The fraction of sp³-hybridized carbons (Fsp3) is 0.636. The van der Waals surface area contributed by atoms with Crippen molar-refractivity contribution in [3.05, 3.63) is 22.6 Å². The van der Waals surface area contributed by atoms with E-state index in [0.717, 1.165) is 23.5 Å². The van der Waals surface area contributed by atoms with Gasteiger partial charge in [0.1, 0.15) is 5.76 Å². The van der Waals surface area contributed by atoms with Crippen LogP contribution in [0.3, 0.4) is 0 Å². The van der Waals surface area contributed by atoms with E-state index in [9.17, 15) is 0 Å². The van der Waals surface area contributed by atoms with Gasteiger partial charge >= 0.3 is 0 Å². The molecule has 1 aliphatic heterocycles. The molecule has 1 N–H and O–H groups in total. The zero-order valence-electron chi connectivity index (χ0n) is 9.16. The largest absolute Gasteiger partial charge is 0.453 e. The molecule has 2 heterocycles. The molecule has 0 bridgehead atoms. The Hall–Kier alpha value is -0.320. The van der Waals surface area contributed by atoms with Crippen LogP contribution in [0.1, 0.15) is 25.1 Å². The summed E-state index contributed by atoms with van der Waals surface area (Å²) in [5, 5.41) is 3.32. The summed E-state index contributed by atoms with van der Waals surface area (Å²) in [6.07, 6.45) is 1.22.